The van der Waals surface area contributed by atoms with Crippen LogP contribution in [0.25, 0.3) is 16.8 Å². The van der Waals surface area contributed by atoms with E-state index in [1.54, 1.807) is 4.57 Å². The summed E-state index contributed by atoms with van der Waals surface area (Å²) in [6.07, 6.45) is 6.04. The number of fused-ring (bicyclic) bond motifs is 1. The molecule has 0 radical (unpaired) electrons. The summed E-state index contributed by atoms with van der Waals surface area (Å²) in [5.74, 6) is 0.525. The minimum atomic E-state index is -0.181. The molecule has 2 heterocycles. The van der Waals surface area contributed by atoms with Gasteiger partial charge in [-0.2, -0.15) is 0 Å². The number of hydrogen-bond donors (Lipinski definition) is 1. The topological polar surface area (TPSA) is 55.5 Å². The van der Waals surface area contributed by atoms with Gasteiger partial charge in [0.2, 0.25) is 0 Å². The molecule has 5 heteroatoms. The highest BCUT2D eigenvalue weighted by Crippen LogP contribution is 2.25. The van der Waals surface area contributed by atoms with Gasteiger partial charge in [-0.25, -0.2) is 0 Å². The summed E-state index contributed by atoms with van der Waals surface area (Å²) in [5.41, 5.74) is 4.84. The number of carbonyl (C=O) groups excluding carboxylic acids is 1. The Kier molecular flexibility index (Phi) is 6.10. The monoisotopic (exact) mass is 453 g/mol. The summed E-state index contributed by atoms with van der Waals surface area (Å²) >= 11 is 0. The number of aryl methyl sites for hydroxylation is 1. The fourth-order valence-electron chi connectivity index (χ4n) is 5.01. The molecular weight excluding hydrogens is 422 g/mol. The van der Waals surface area contributed by atoms with Crippen LogP contribution in [0.2, 0.25) is 0 Å². The van der Waals surface area contributed by atoms with Crippen LogP contribution in [0, 0.1) is 12.8 Å². The Balaban J connectivity index is 1.61. The minimum absolute atomic E-state index is 0.152. The van der Waals surface area contributed by atoms with Crippen LogP contribution in [-0.4, -0.2) is 20.9 Å². The molecule has 1 aliphatic carbocycles. The summed E-state index contributed by atoms with van der Waals surface area (Å²) in [7, 11) is 0. The van der Waals surface area contributed by atoms with E-state index < -0.39 is 0 Å². The highest BCUT2D eigenvalue weighted by Gasteiger charge is 2.23. The van der Waals surface area contributed by atoms with Crippen LogP contribution in [0.4, 0.5) is 0 Å². The first-order chi connectivity index (χ1) is 16.5. The number of rotatable bonds is 5. The first-order valence-electron chi connectivity index (χ1n) is 12.2. The van der Waals surface area contributed by atoms with Crippen LogP contribution in [0.15, 0.2) is 77.7 Å². The second-order valence-corrected chi connectivity index (χ2v) is 9.60. The van der Waals surface area contributed by atoms with Gasteiger partial charge >= 0.3 is 0 Å². The van der Waals surface area contributed by atoms with Crippen molar-refractivity contribution in [2.45, 2.75) is 52.1 Å². The number of aromatic nitrogens is 2. The molecule has 0 aliphatic heterocycles. The Morgan fingerprint density at radius 2 is 1.65 bits per heavy atom. The summed E-state index contributed by atoms with van der Waals surface area (Å²) in [5, 5.41) is 3.23. The zero-order chi connectivity index (χ0) is 23.7. The van der Waals surface area contributed by atoms with E-state index in [9.17, 15) is 9.59 Å². The number of benzene rings is 2. The lowest BCUT2D eigenvalue weighted by Gasteiger charge is -2.27. The number of nitrogens with one attached hydrogen (secondary N) is 1. The molecule has 0 atom stereocenters. The van der Waals surface area contributed by atoms with E-state index in [1.807, 2.05) is 84.3 Å². The molecule has 1 amide bonds. The molecule has 1 N–H and O–H groups in total. The molecule has 5 rings (SSSR count). The van der Waals surface area contributed by atoms with Crippen molar-refractivity contribution in [1.82, 2.24) is 14.3 Å². The van der Waals surface area contributed by atoms with Crippen molar-refractivity contribution < 1.29 is 4.79 Å². The van der Waals surface area contributed by atoms with Gasteiger partial charge in [0.25, 0.3) is 11.5 Å². The van der Waals surface area contributed by atoms with Gasteiger partial charge in [-0.1, -0.05) is 61.5 Å². The van der Waals surface area contributed by atoms with Gasteiger partial charge in [-0.15, -0.1) is 0 Å². The van der Waals surface area contributed by atoms with Crippen LogP contribution >= 0.6 is 0 Å². The third-order valence-electron chi connectivity index (χ3n) is 7.17. The molecule has 1 saturated carbocycles. The van der Waals surface area contributed by atoms with Crippen molar-refractivity contribution in [3.8, 4) is 11.3 Å². The number of carbonyl (C=O) groups is 1. The largest absolute Gasteiger partial charge is 0.348 e. The Morgan fingerprint density at radius 3 is 2.38 bits per heavy atom. The average Bonchev–Trinajstić information content (AvgIpc) is 3.28. The van der Waals surface area contributed by atoms with Crippen molar-refractivity contribution in [3.05, 3.63) is 100 Å². The first-order valence-corrected chi connectivity index (χ1v) is 12.2. The quantitative estimate of drug-likeness (QED) is 0.438. The zero-order valence-corrected chi connectivity index (χ0v) is 19.8. The lowest BCUT2D eigenvalue weighted by atomic mass is 9.87. The molecule has 174 valence electrons. The Bertz CT molecular complexity index is 1380. The fourth-order valence-corrected chi connectivity index (χ4v) is 5.01. The molecule has 2 aromatic carbocycles. The van der Waals surface area contributed by atoms with E-state index in [2.05, 4.69) is 12.2 Å². The third-order valence-corrected chi connectivity index (χ3v) is 7.17. The van der Waals surface area contributed by atoms with Gasteiger partial charge in [-0.3, -0.25) is 14.2 Å². The fraction of sp³-hybridized carbons (Fsp3) is 0.310. The van der Waals surface area contributed by atoms with Crippen LogP contribution in [0.3, 0.4) is 0 Å². The first kappa shape index (κ1) is 22.2. The Morgan fingerprint density at radius 1 is 0.941 bits per heavy atom. The molecule has 0 spiro atoms. The number of amides is 1. The van der Waals surface area contributed by atoms with Crippen LogP contribution in [0.1, 0.15) is 54.2 Å². The van der Waals surface area contributed by atoms with Gasteiger partial charge in [-0.05, 0) is 67.3 Å². The van der Waals surface area contributed by atoms with E-state index >= 15 is 0 Å². The predicted octanol–water partition coefficient (Wildman–Crippen LogP) is 5.43. The average molecular weight is 454 g/mol. The smallest absolute Gasteiger partial charge is 0.275 e. The standard InChI is InChI=1S/C29H31N3O2/c1-20-12-14-24(15-13-20)30-28(33)27-19-31-25(22-9-4-3-5-10-22)16-17-26(31)29(34)32(27)18-23-11-7-6-8-21(23)2/h3-11,16-17,19-20,24H,12-15,18H2,1-2H3,(H,30,33). The molecule has 0 saturated heterocycles. The molecule has 2 aromatic heterocycles. The summed E-state index contributed by atoms with van der Waals surface area (Å²) in [6.45, 7) is 4.66. The van der Waals surface area contributed by atoms with E-state index in [0.717, 1.165) is 48.1 Å². The maximum absolute atomic E-state index is 13.7. The maximum Gasteiger partial charge on any atom is 0.275 e. The molecule has 0 unspecified atom stereocenters. The molecule has 0 bridgehead atoms. The molecule has 34 heavy (non-hydrogen) atoms. The second kappa shape index (κ2) is 9.34. The highest BCUT2D eigenvalue weighted by molar-refractivity contribution is 5.93. The Labute approximate surface area is 200 Å². The van der Waals surface area contributed by atoms with E-state index in [4.69, 9.17) is 0 Å². The molecule has 1 fully saturated rings. The van der Waals surface area contributed by atoms with Crippen LogP contribution in [0.5, 0.6) is 0 Å². The summed E-state index contributed by atoms with van der Waals surface area (Å²) in [6, 6.07) is 21.9. The molecule has 5 nitrogen and oxygen atoms in total. The lowest BCUT2D eigenvalue weighted by molar-refractivity contribution is 0.0912. The van der Waals surface area contributed by atoms with Gasteiger partial charge in [0, 0.05) is 12.2 Å². The van der Waals surface area contributed by atoms with Crippen molar-refractivity contribution >= 4 is 11.4 Å². The van der Waals surface area contributed by atoms with Crippen molar-refractivity contribution in [2.24, 2.45) is 5.92 Å². The van der Waals surface area contributed by atoms with Crippen LogP contribution < -0.4 is 10.9 Å². The van der Waals surface area contributed by atoms with E-state index in [1.165, 1.54) is 0 Å². The van der Waals surface area contributed by atoms with Crippen LogP contribution in [-0.2, 0) is 6.54 Å². The number of hydrogen-bond acceptors (Lipinski definition) is 2. The summed E-state index contributed by atoms with van der Waals surface area (Å²) in [4.78, 5) is 27.3. The van der Waals surface area contributed by atoms with E-state index in [0.29, 0.717) is 23.7 Å². The summed E-state index contributed by atoms with van der Waals surface area (Å²) < 4.78 is 3.50. The van der Waals surface area contributed by atoms with Gasteiger partial charge < -0.3 is 9.72 Å². The van der Waals surface area contributed by atoms with Gasteiger partial charge in [0.05, 0.1) is 12.2 Å². The number of nitrogens with zero attached hydrogens (tertiary/aromatic N) is 2. The van der Waals surface area contributed by atoms with Crippen molar-refractivity contribution in [2.75, 3.05) is 0 Å². The Hall–Kier alpha value is -3.60. The molecule has 4 aromatic rings. The maximum atomic E-state index is 13.7. The van der Waals surface area contributed by atoms with Crippen molar-refractivity contribution in [3.63, 3.8) is 0 Å². The van der Waals surface area contributed by atoms with E-state index in [-0.39, 0.29) is 17.5 Å². The second-order valence-electron chi connectivity index (χ2n) is 9.60. The third kappa shape index (κ3) is 4.30. The molecular formula is C29H31N3O2. The van der Waals surface area contributed by atoms with Gasteiger partial charge in [0.1, 0.15) is 11.2 Å². The SMILES string of the molecule is Cc1ccccc1Cn1c(C(=O)NC2CCC(C)CC2)cn2c(-c3ccccc3)ccc2c1=O. The minimum Gasteiger partial charge on any atom is -0.348 e. The highest BCUT2D eigenvalue weighted by atomic mass is 16.2. The zero-order valence-electron chi connectivity index (χ0n) is 19.8. The normalized spacial score (nSPS) is 18.2. The predicted molar refractivity (Wildman–Crippen MR) is 136 cm³/mol. The lowest BCUT2D eigenvalue weighted by Crippen LogP contribution is -2.40. The molecule has 1 aliphatic rings. The van der Waals surface area contributed by atoms with Gasteiger partial charge in [0.15, 0.2) is 0 Å². The van der Waals surface area contributed by atoms with Crippen molar-refractivity contribution in [1.29, 1.82) is 0 Å².